The van der Waals surface area contributed by atoms with Gasteiger partial charge < -0.3 is 10.1 Å². The SMILES string of the molecule is O=C(NCCOc1ccc(F)cc1)c1cc(Br)ccc1I. The summed E-state index contributed by atoms with van der Waals surface area (Å²) in [7, 11) is 0. The van der Waals surface area contributed by atoms with Crippen molar-refractivity contribution >= 4 is 44.4 Å². The second-order valence-corrected chi connectivity index (χ2v) is 6.26. The Labute approximate surface area is 144 Å². The summed E-state index contributed by atoms with van der Waals surface area (Å²) in [4.78, 5) is 12.0. The fraction of sp³-hybridized carbons (Fsp3) is 0.133. The molecule has 2 aromatic rings. The molecule has 0 radical (unpaired) electrons. The summed E-state index contributed by atoms with van der Waals surface area (Å²) >= 11 is 5.46. The van der Waals surface area contributed by atoms with Crippen LogP contribution >= 0.6 is 38.5 Å². The van der Waals surface area contributed by atoms with Crippen molar-refractivity contribution < 1.29 is 13.9 Å². The Balaban J connectivity index is 1.81. The summed E-state index contributed by atoms with van der Waals surface area (Å²) in [6.07, 6.45) is 0. The number of hydrogen-bond donors (Lipinski definition) is 1. The Morgan fingerprint density at radius 1 is 1.24 bits per heavy atom. The standard InChI is InChI=1S/C15H12BrFINO2/c16-10-1-6-14(18)13(9-10)15(20)19-7-8-21-12-4-2-11(17)3-5-12/h1-6,9H,7-8H2,(H,19,20). The van der Waals surface area contributed by atoms with E-state index in [-0.39, 0.29) is 11.7 Å². The van der Waals surface area contributed by atoms with E-state index in [0.717, 1.165) is 8.04 Å². The highest BCUT2D eigenvalue weighted by atomic mass is 127. The molecule has 0 atom stereocenters. The van der Waals surface area contributed by atoms with Gasteiger partial charge in [0.05, 0.1) is 12.1 Å². The number of benzene rings is 2. The summed E-state index contributed by atoms with van der Waals surface area (Å²) < 4.78 is 19.9. The third-order valence-corrected chi connectivity index (χ3v) is 4.08. The fourth-order valence-electron chi connectivity index (χ4n) is 1.63. The molecule has 0 aromatic heterocycles. The van der Waals surface area contributed by atoms with Crippen molar-refractivity contribution in [2.24, 2.45) is 0 Å². The number of nitrogens with one attached hydrogen (secondary N) is 1. The molecule has 0 fully saturated rings. The van der Waals surface area contributed by atoms with Crippen molar-refractivity contribution in [1.82, 2.24) is 5.32 Å². The number of halogens is 3. The molecule has 0 saturated heterocycles. The van der Waals surface area contributed by atoms with E-state index in [9.17, 15) is 9.18 Å². The van der Waals surface area contributed by atoms with Gasteiger partial charge in [-0.25, -0.2) is 4.39 Å². The molecule has 0 bridgehead atoms. The molecule has 0 saturated carbocycles. The van der Waals surface area contributed by atoms with E-state index in [0.29, 0.717) is 24.5 Å². The number of amides is 1. The first kappa shape index (κ1) is 16.2. The van der Waals surface area contributed by atoms with Gasteiger partial charge >= 0.3 is 0 Å². The van der Waals surface area contributed by atoms with E-state index in [4.69, 9.17) is 4.74 Å². The number of ether oxygens (including phenoxy) is 1. The Hall–Kier alpha value is -1.15. The summed E-state index contributed by atoms with van der Waals surface area (Å²) in [6, 6.07) is 11.3. The zero-order chi connectivity index (χ0) is 15.2. The van der Waals surface area contributed by atoms with Crippen LogP contribution in [0.1, 0.15) is 10.4 Å². The van der Waals surface area contributed by atoms with Crippen molar-refractivity contribution in [2.75, 3.05) is 13.2 Å². The first-order valence-electron chi connectivity index (χ1n) is 6.18. The van der Waals surface area contributed by atoms with Gasteiger partial charge in [0.1, 0.15) is 18.2 Å². The molecule has 21 heavy (non-hydrogen) atoms. The lowest BCUT2D eigenvalue weighted by Crippen LogP contribution is -2.28. The minimum absolute atomic E-state index is 0.150. The van der Waals surface area contributed by atoms with Crippen LogP contribution in [0.3, 0.4) is 0 Å². The first-order chi connectivity index (χ1) is 10.1. The van der Waals surface area contributed by atoms with E-state index in [2.05, 4.69) is 43.8 Å². The van der Waals surface area contributed by atoms with Gasteiger partial charge in [-0.05, 0) is 65.1 Å². The van der Waals surface area contributed by atoms with Crippen LogP contribution in [0, 0.1) is 9.39 Å². The van der Waals surface area contributed by atoms with Gasteiger partial charge in [0.2, 0.25) is 0 Å². The number of carbonyl (C=O) groups excluding carboxylic acids is 1. The Morgan fingerprint density at radius 3 is 2.67 bits per heavy atom. The highest BCUT2D eigenvalue weighted by Gasteiger charge is 2.09. The highest BCUT2D eigenvalue weighted by molar-refractivity contribution is 14.1. The molecule has 0 spiro atoms. The van der Waals surface area contributed by atoms with Gasteiger partial charge in [0.15, 0.2) is 0 Å². The molecular weight excluding hydrogens is 452 g/mol. The van der Waals surface area contributed by atoms with Gasteiger partial charge in [0, 0.05) is 8.04 Å². The van der Waals surface area contributed by atoms with Crippen LogP contribution in [-0.4, -0.2) is 19.1 Å². The molecule has 1 N–H and O–H groups in total. The monoisotopic (exact) mass is 463 g/mol. The molecular formula is C15H12BrFINO2. The van der Waals surface area contributed by atoms with Gasteiger partial charge in [-0.2, -0.15) is 0 Å². The maximum Gasteiger partial charge on any atom is 0.252 e. The van der Waals surface area contributed by atoms with Crippen molar-refractivity contribution in [3.05, 3.63) is 61.9 Å². The van der Waals surface area contributed by atoms with E-state index >= 15 is 0 Å². The highest BCUT2D eigenvalue weighted by Crippen LogP contribution is 2.18. The molecule has 0 aliphatic rings. The largest absolute Gasteiger partial charge is 0.492 e. The normalized spacial score (nSPS) is 10.2. The molecule has 3 nitrogen and oxygen atoms in total. The van der Waals surface area contributed by atoms with Crippen molar-refractivity contribution in [1.29, 1.82) is 0 Å². The molecule has 6 heteroatoms. The lowest BCUT2D eigenvalue weighted by molar-refractivity contribution is 0.0946. The fourth-order valence-corrected chi connectivity index (χ4v) is 2.57. The second kappa shape index (κ2) is 7.74. The van der Waals surface area contributed by atoms with Crippen LogP contribution < -0.4 is 10.1 Å². The van der Waals surface area contributed by atoms with Gasteiger partial charge in [0.25, 0.3) is 5.91 Å². The first-order valence-corrected chi connectivity index (χ1v) is 8.05. The molecule has 0 aliphatic heterocycles. The lowest BCUT2D eigenvalue weighted by atomic mass is 10.2. The van der Waals surface area contributed by atoms with Crippen LogP contribution in [0.2, 0.25) is 0 Å². The minimum Gasteiger partial charge on any atom is -0.492 e. The van der Waals surface area contributed by atoms with Crippen LogP contribution in [0.15, 0.2) is 46.9 Å². The van der Waals surface area contributed by atoms with Gasteiger partial charge in [-0.15, -0.1) is 0 Å². The van der Waals surface area contributed by atoms with Crippen LogP contribution in [0.5, 0.6) is 5.75 Å². The second-order valence-electron chi connectivity index (χ2n) is 4.18. The van der Waals surface area contributed by atoms with E-state index < -0.39 is 0 Å². The molecule has 1 amide bonds. The lowest BCUT2D eigenvalue weighted by Gasteiger charge is -2.09. The van der Waals surface area contributed by atoms with Gasteiger partial charge in [-0.3, -0.25) is 4.79 Å². The van der Waals surface area contributed by atoms with E-state index in [1.54, 1.807) is 18.2 Å². The van der Waals surface area contributed by atoms with Crippen molar-refractivity contribution in [2.45, 2.75) is 0 Å². The third kappa shape index (κ3) is 4.96. The van der Waals surface area contributed by atoms with Crippen LogP contribution in [-0.2, 0) is 0 Å². The molecule has 0 unspecified atom stereocenters. The average molecular weight is 464 g/mol. The molecule has 0 heterocycles. The smallest absolute Gasteiger partial charge is 0.252 e. The average Bonchev–Trinajstić information content (AvgIpc) is 2.47. The molecule has 2 rings (SSSR count). The molecule has 2 aromatic carbocycles. The Kier molecular flexibility index (Phi) is 5.98. The van der Waals surface area contributed by atoms with E-state index in [1.807, 2.05) is 12.1 Å². The number of carbonyl (C=O) groups is 1. The third-order valence-electron chi connectivity index (χ3n) is 2.64. The Bertz CT molecular complexity index is 634. The summed E-state index contributed by atoms with van der Waals surface area (Å²) in [5.41, 5.74) is 0.617. The minimum atomic E-state index is -0.306. The zero-order valence-electron chi connectivity index (χ0n) is 10.9. The topological polar surface area (TPSA) is 38.3 Å². The van der Waals surface area contributed by atoms with Crippen molar-refractivity contribution in [3.8, 4) is 5.75 Å². The van der Waals surface area contributed by atoms with Gasteiger partial charge in [-0.1, -0.05) is 15.9 Å². The van der Waals surface area contributed by atoms with Crippen LogP contribution in [0.25, 0.3) is 0 Å². The maximum atomic E-state index is 12.7. The van der Waals surface area contributed by atoms with Crippen LogP contribution in [0.4, 0.5) is 4.39 Å². The molecule has 110 valence electrons. The van der Waals surface area contributed by atoms with Crippen molar-refractivity contribution in [3.63, 3.8) is 0 Å². The summed E-state index contributed by atoms with van der Waals surface area (Å²) in [6.45, 7) is 0.695. The maximum absolute atomic E-state index is 12.7. The number of rotatable bonds is 5. The molecule has 0 aliphatic carbocycles. The number of hydrogen-bond acceptors (Lipinski definition) is 2. The predicted octanol–water partition coefficient (Wildman–Crippen LogP) is 4.00. The zero-order valence-corrected chi connectivity index (χ0v) is 14.6. The summed E-state index contributed by atoms with van der Waals surface area (Å²) in [5.74, 6) is 0.117. The van der Waals surface area contributed by atoms with E-state index in [1.165, 1.54) is 12.1 Å². The quantitative estimate of drug-likeness (QED) is 0.537. The summed E-state index contributed by atoms with van der Waals surface area (Å²) in [5, 5.41) is 2.78. The predicted molar refractivity (Wildman–Crippen MR) is 91.1 cm³/mol. The Morgan fingerprint density at radius 2 is 1.95 bits per heavy atom.